The van der Waals surface area contributed by atoms with E-state index in [0.29, 0.717) is 93.6 Å². The van der Waals surface area contributed by atoms with Crippen LogP contribution in [0, 0.1) is 5.92 Å². The molecule has 5 aliphatic heterocycles. The molecule has 0 bridgehead atoms. The molecule has 12 rings (SSSR count). The molecule has 0 unspecified atom stereocenters. The van der Waals surface area contributed by atoms with E-state index in [1.54, 1.807) is 24.6 Å². The molecule has 9 heterocycles. The Labute approximate surface area is 442 Å². The number of aliphatic hydroxyl groups is 2. The quantitative estimate of drug-likeness (QED) is 0.0864. The van der Waals surface area contributed by atoms with Gasteiger partial charge in [0.05, 0.1) is 71.2 Å². The summed E-state index contributed by atoms with van der Waals surface area (Å²) in [6.07, 6.45) is 2.23. The van der Waals surface area contributed by atoms with E-state index >= 15 is 0 Å². The van der Waals surface area contributed by atoms with Crippen LogP contribution in [0.2, 0.25) is 10.0 Å². The van der Waals surface area contributed by atoms with Crippen molar-refractivity contribution in [2.75, 3.05) is 63.5 Å². The third kappa shape index (κ3) is 11.3. The molecule has 75 heavy (non-hydrogen) atoms. The zero-order chi connectivity index (χ0) is 52.0. The molecular formula is C53H56Cl2N8O11S. The summed E-state index contributed by atoms with van der Waals surface area (Å²) in [7, 11) is -2.20. The fourth-order valence-corrected chi connectivity index (χ4v) is 11.3. The van der Waals surface area contributed by atoms with Crippen LogP contribution in [0.4, 0.5) is 11.4 Å². The minimum absolute atomic E-state index is 0.101. The summed E-state index contributed by atoms with van der Waals surface area (Å²) in [4.78, 5) is 38.7. The molecule has 5 fully saturated rings. The molecular weight excluding hydrogens is 1030 g/mol. The zero-order valence-electron chi connectivity index (χ0n) is 41.3. The maximum Gasteiger partial charge on any atom is 0.306 e. The topological polar surface area (TPSA) is 238 Å². The van der Waals surface area contributed by atoms with Crippen molar-refractivity contribution >= 4 is 72.6 Å². The van der Waals surface area contributed by atoms with Crippen molar-refractivity contribution in [2.24, 2.45) is 10.3 Å². The van der Waals surface area contributed by atoms with Crippen molar-refractivity contribution in [1.82, 2.24) is 29.9 Å². The van der Waals surface area contributed by atoms with Gasteiger partial charge in [0, 0.05) is 58.6 Å². The Balaban J connectivity index is 0.000000161. The van der Waals surface area contributed by atoms with Crippen LogP contribution >= 0.6 is 23.2 Å². The number of piperidine rings is 1. The van der Waals surface area contributed by atoms with Crippen LogP contribution in [0.5, 0.6) is 12.0 Å². The molecule has 394 valence electrons. The maximum absolute atomic E-state index is 11.9. The normalized spacial score (nSPS) is 24.5. The lowest BCUT2D eigenvalue weighted by Gasteiger charge is -2.33. The highest BCUT2D eigenvalue weighted by Crippen LogP contribution is 2.36. The smallest absolute Gasteiger partial charge is 0.306 e. The van der Waals surface area contributed by atoms with Gasteiger partial charge >= 0.3 is 5.97 Å². The van der Waals surface area contributed by atoms with Crippen LogP contribution in [0.1, 0.15) is 26.2 Å². The molecule has 0 amide bonds. The summed E-state index contributed by atoms with van der Waals surface area (Å²) < 4.78 is 55.7. The molecule has 0 saturated carbocycles. The monoisotopic (exact) mass is 1080 g/mol. The lowest BCUT2D eigenvalue weighted by Crippen LogP contribution is -2.34. The number of hydrogen-bond donors (Lipinski definition) is 4. The van der Waals surface area contributed by atoms with E-state index in [9.17, 15) is 19.2 Å². The van der Waals surface area contributed by atoms with Crippen LogP contribution < -0.4 is 14.4 Å². The van der Waals surface area contributed by atoms with Gasteiger partial charge in [-0.05, 0) is 73.2 Å². The summed E-state index contributed by atoms with van der Waals surface area (Å²) >= 11 is 13.2. The van der Waals surface area contributed by atoms with E-state index < -0.39 is 21.9 Å². The molecule has 19 nitrogen and oxygen atoms in total. The Morgan fingerprint density at radius 1 is 0.680 bits per heavy atom. The third-order valence-corrected chi connectivity index (χ3v) is 15.1. The molecule has 22 heteroatoms. The fraction of sp³-hybridized carbons (Fsp3) is 0.415. The van der Waals surface area contributed by atoms with E-state index in [2.05, 4.69) is 46.3 Å². The summed E-state index contributed by atoms with van der Waals surface area (Å²) in [5, 5.41) is 20.9. The molecule has 4 aromatic heterocycles. The van der Waals surface area contributed by atoms with Gasteiger partial charge in [-0.25, -0.2) is 14.2 Å². The molecule has 4 N–H and O–H groups in total. The van der Waals surface area contributed by atoms with Crippen molar-refractivity contribution < 1.29 is 52.4 Å². The summed E-state index contributed by atoms with van der Waals surface area (Å²) in [5.41, 5.74) is 9.15. The van der Waals surface area contributed by atoms with Crippen molar-refractivity contribution in [2.45, 2.75) is 75.0 Å². The van der Waals surface area contributed by atoms with Crippen LogP contribution in [-0.4, -0.2) is 158 Å². The summed E-state index contributed by atoms with van der Waals surface area (Å²) in [6.45, 7) is 5.18. The Hall–Kier alpha value is -5.94. The van der Waals surface area contributed by atoms with Crippen LogP contribution in [0.3, 0.4) is 0 Å². The van der Waals surface area contributed by atoms with Gasteiger partial charge in [0.2, 0.25) is 0 Å². The largest absolute Gasteiger partial charge is 0.466 e. The highest BCUT2D eigenvalue weighted by atomic mass is 35.5. The molecule has 0 radical (unpaired) electrons. The number of ether oxygens (including phenoxy) is 7. The molecule has 5 saturated heterocycles. The highest BCUT2D eigenvalue weighted by Gasteiger charge is 2.50. The Morgan fingerprint density at radius 3 is 1.61 bits per heavy atom. The third-order valence-electron chi connectivity index (χ3n) is 13.9. The predicted octanol–water partition coefficient (Wildman–Crippen LogP) is 7.56. The predicted molar refractivity (Wildman–Crippen MR) is 282 cm³/mol. The number of fused-ring (bicyclic) bond motifs is 4. The second-order valence-corrected chi connectivity index (χ2v) is 22.8. The average Bonchev–Trinajstić information content (AvgIpc) is 4.27. The number of rotatable bonds is 12. The van der Waals surface area contributed by atoms with E-state index in [-0.39, 0.29) is 55.8 Å². The molecule has 5 aliphatic rings. The van der Waals surface area contributed by atoms with Crippen LogP contribution in [-0.2, 0) is 38.2 Å². The number of halogens is 2. The Morgan fingerprint density at radius 2 is 1.13 bits per heavy atom. The zero-order valence-corrected chi connectivity index (χ0v) is 43.6. The van der Waals surface area contributed by atoms with Crippen LogP contribution in [0.25, 0.3) is 56.0 Å². The Bertz CT molecular complexity index is 3300. The number of benzene rings is 3. The van der Waals surface area contributed by atoms with Gasteiger partial charge in [-0.2, -0.15) is 14.3 Å². The number of anilines is 1. The maximum atomic E-state index is 11.9. The number of aliphatic hydroxyl groups excluding tert-OH is 2. The number of carbonyl (C=O) groups is 1. The number of aromatic amines is 2. The summed E-state index contributed by atoms with van der Waals surface area (Å²) in [6, 6.07) is 27.9. The van der Waals surface area contributed by atoms with E-state index in [1.165, 1.54) is 0 Å². The second kappa shape index (κ2) is 21.6. The number of carbonyl (C=O) groups excluding carboxylic acids is 1. The van der Waals surface area contributed by atoms with Crippen LogP contribution in [0.15, 0.2) is 89.3 Å². The number of imidazole rings is 2. The van der Waals surface area contributed by atoms with E-state index in [0.717, 1.165) is 53.9 Å². The molecule has 0 aliphatic carbocycles. The number of nitrogens with one attached hydrogen (secondary N) is 2. The van der Waals surface area contributed by atoms with Crippen molar-refractivity contribution in [3.63, 3.8) is 0 Å². The summed E-state index contributed by atoms with van der Waals surface area (Å²) in [5.74, 6) is 0.276. The van der Waals surface area contributed by atoms with Gasteiger partial charge < -0.3 is 58.2 Å². The number of H-pyrrole nitrogens is 2. The van der Waals surface area contributed by atoms with Crippen molar-refractivity contribution in [1.29, 1.82) is 0 Å². The number of aromatic nitrogens is 6. The first-order valence-electron chi connectivity index (χ1n) is 24.9. The number of esters is 1. The molecule has 0 spiro atoms. The van der Waals surface area contributed by atoms with Crippen molar-refractivity contribution in [3.05, 3.63) is 95.0 Å². The van der Waals surface area contributed by atoms with Gasteiger partial charge in [-0.1, -0.05) is 71.7 Å². The number of nitrogens with zero attached hydrogens (tertiary/aromatic N) is 6. The molecule has 7 aromatic rings. The van der Waals surface area contributed by atoms with E-state index in [1.807, 2.05) is 67.6 Å². The first-order valence-corrected chi connectivity index (χ1v) is 28.0. The standard InChI is InChI=1S/C27H31ClN4O6.C26H25ClN4O5S/c1-2-35-22(34)11-15-7-9-32(10-8-15)17-5-3-16(4-6-17)23-18(28)12-19-26(30-23)31-27(29-19)38-21-14-37-24-20(33)13-36-25(21)24;1-37(2,33)31-17-9-7-15(8-10-17)14-3-5-16(6-4-14)22-18(27)11-19-25(29-22)30-26(28-19)36-21-13-35-23-20(32)12-34-24(21)23/h3-6,12,15,20-21,24-25,33H,2,7-11,13-14H2,1H3,(H,29,30,31);3-11,20-21,23-24,32H,12-13H2,1-2H3,(H,28,29,30)/t20-,21-,24-,25-;20-,21-,23-,24-/m11/s1. The highest BCUT2D eigenvalue weighted by molar-refractivity contribution is 7.92. The van der Waals surface area contributed by atoms with Gasteiger partial charge in [0.25, 0.3) is 12.0 Å². The van der Waals surface area contributed by atoms with Gasteiger partial charge in [0.15, 0.2) is 23.5 Å². The average molecular weight is 1080 g/mol. The van der Waals surface area contributed by atoms with Gasteiger partial charge in [-0.3, -0.25) is 4.79 Å². The minimum atomic E-state index is -2.20. The minimum Gasteiger partial charge on any atom is -0.466 e. The number of pyridine rings is 2. The Kier molecular flexibility index (Phi) is 14.7. The van der Waals surface area contributed by atoms with E-state index in [4.69, 9.17) is 61.3 Å². The fourth-order valence-electron chi connectivity index (χ4n) is 10.2. The van der Waals surface area contributed by atoms with Gasteiger partial charge in [-0.15, -0.1) is 0 Å². The van der Waals surface area contributed by atoms with Crippen molar-refractivity contribution in [3.8, 4) is 45.7 Å². The first kappa shape index (κ1) is 51.2. The van der Waals surface area contributed by atoms with Gasteiger partial charge in [0.1, 0.15) is 36.6 Å². The lowest BCUT2D eigenvalue weighted by atomic mass is 9.93. The number of hydrogen-bond acceptors (Lipinski definition) is 17. The lowest BCUT2D eigenvalue weighted by molar-refractivity contribution is -0.144. The molecule has 3 aromatic carbocycles. The second-order valence-electron chi connectivity index (χ2n) is 19.5. The first-order chi connectivity index (χ1) is 36.2. The SMILES string of the molecule is CCOC(=O)CC1CCN(c2ccc(-c3nc4nc(O[C@@H]5CO[C@H]6[C@@H]5OC[C@H]6O)[nH]c4cc3Cl)cc2)CC1.CS(C)(=O)=Nc1ccc(-c2ccc(-c3nc4nc(O[C@@H]5CO[C@H]6[C@@H]5OC[C@H]6O)[nH]c4cc3Cl)cc2)cc1. The molecule has 8 atom stereocenters.